The Bertz CT molecular complexity index is 329. The van der Waals surface area contributed by atoms with E-state index in [2.05, 4.69) is 0 Å². The van der Waals surface area contributed by atoms with Gasteiger partial charge in [-0.3, -0.25) is 4.79 Å². The molecule has 2 nitrogen and oxygen atoms in total. The van der Waals surface area contributed by atoms with Crippen LogP contribution in [0.4, 0.5) is 0 Å². The van der Waals surface area contributed by atoms with E-state index in [1.807, 2.05) is 32.0 Å². The third-order valence-corrected chi connectivity index (χ3v) is 2.06. The highest BCUT2D eigenvalue weighted by molar-refractivity contribution is 5.75. The molecule has 1 aromatic carbocycles. The van der Waals surface area contributed by atoms with Gasteiger partial charge in [0.1, 0.15) is 11.5 Å². The van der Waals surface area contributed by atoms with Crippen LogP contribution in [0.2, 0.25) is 0 Å². The summed E-state index contributed by atoms with van der Waals surface area (Å²) < 4.78 is 5.51. The number of hydrogen-bond donors (Lipinski definition) is 0. The number of aryl methyl sites for hydroxylation is 2. The van der Waals surface area contributed by atoms with Crippen molar-refractivity contribution in [1.82, 2.24) is 0 Å². The average Bonchev–Trinajstić information content (AvgIpc) is 2.10. The Hall–Kier alpha value is -1.31. The second-order valence-electron chi connectivity index (χ2n) is 3.57. The van der Waals surface area contributed by atoms with Crippen molar-refractivity contribution in [1.29, 1.82) is 0 Å². The standard InChI is InChI=1S/C12H16O2/c1-9-4-5-10(2)12(8-9)14-7-6-11(3)13/h4-5,8H,6-7H2,1-3H3. The molecule has 0 amide bonds. The summed E-state index contributed by atoms with van der Waals surface area (Å²) in [5.74, 6) is 1.04. The summed E-state index contributed by atoms with van der Waals surface area (Å²) in [6, 6.07) is 6.07. The molecule has 0 fully saturated rings. The number of ether oxygens (including phenoxy) is 1. The molecule has 0 unspecified atom stereocenters. The summed E-state index contributed by atoms with van der Waals surface area (Å²) in [5.41, 5.74) is 2.28. The molecule has 1 aromatic rings. The summed E-state index contributed by atoms with van der Waals surface area (Å²) in [7, 11) is 0. The topological polar surface area (TPSA) is 26.3 Å². The summed E-state index contributed by atoms with van der Waals surface area (Å²) >= 11 is 0. The molecular formula is C12H16O2. The van der Waals surface area contributed by atoms with Crippen LogP contribution in [0.15, 0.2) is 18.2 Å². The van der Waals surface area contributed by atoms with E-state index in [9.17, 15) is 4.79 Å². The van der Waals surface area contributed by atoms with Crippen molar-refractivity contribution in [2.24, 2.45) is 0 Å². The van der Waals surface area contributed by atoms with E-state index in [1.165, 1.54) is 5.56 Å². The van der Waals surface area contributed by atoms with Gasteiger partial charge in [-0.2, -0.15) is 0 Å². The van der Waals surface area contributed by atoms with Gasteiger partial charge in [0, 0.05) is 6.42 Å². The van der Waals surface area contributed by atoms with Crippen LogP contribution in [0.3, 0.4) is 0 Å². The van der Waals surface area contributed by atoms with Crippen molar-refractivity contribution in [3.05, 3.63) is 29.3 Å². The highest BCUT2D eigenvalue weighted by Gasteiger charge is 2.00. The number of carbonyl (C=O) groups excluding carboxylic acids is 1. The maximum absolute atomic E-state index is 10.7. The second kappa shape index (κ2) is 4.80. The zero-order valence-corrected chi connectivity index (χ0v) is 8.96. The van der Waals surface area contributed by atoms with Crippen LogP contribution in [-0.2, 0) is 4.79 Å². The lowest BCUT2D eigenvalue weighted by Gasteiger charge is -2.08. The van der Waals surface area contributed by atoms with Gasteiger partial charge in [0.2, 0.25) is 0 Å². The van der Waals surface area contributed by atoms with Crippen LogP contribution in [0, 0.1) is 13.8 Å². The molecule has 0 bridgehead atoms. The van der Waals surface area contributed by atoms with Crippen LogP contribution < -0.4 is 4.74 Å². The smallest absolute Gasteiger partial charge is 0.133 e. The first kappa shape index (κ1) is 10.8. The fraction of sp³-hybridized carbons (Fsp3) is 0.417. The highest BCUT2D eigenvalue weighted by Crippen LogP contribution is 2.19. The van der Waals surface area contributed by atoms with E-state index in [-0.39, 0.29) is 5.78 Å². The normalized spacial score (nSPS) is 9.93. The number of hydrogen-bond acceptors (Lipinski definition) is 2. The van der Waals surface area contributed by atoms with Gasteiger partial charge in [0.15, 0.2) is 0 Å². The first-order valence-corrected chi connectivity index (χ1v) is 4.79. The molecular weight excluding hydrogens is 176 g/mol. The van der Waals surface area contributed by atoms with Crippen molar-refractivity contribution < 1.29 is 9.53 Å². The number of benzene rings is 1. The lowest BCUT2D eigenvalue weighted by Crippen LogP contribution is -2.03. The fourth-order valence-corrected chi connectivity index (χ4v) is 1.17. The molecule has 76 valence electrons. The Morgan fingerprint density at radius 1 is 1.36 bits per heavy atom. The number of rotatable bonds is 4. The molecule has 0 heterocycles. The van der Waals surface area contributed by atoms with E-state index in [0.29, 0.717) is 13.0 Å². The monoisotopic (exact) mass is 192 g/mol. The molecule has 0 aromatic heterocycles. The van der Waals surface area contributed by atoms with Crippen molar-refractivity contribution in [3.8, 4) is 5.75 Å². The van der Waals surface area contributed by atoms with E-state index >= 15 is 0 Å². The van der Waals surface area contributed by atoms with Gasteiger partial charge in [-0.15, -0.1) is 0 Å². The molecule has 0 saturated carbocycles. The summed E-state index contributed by atoms with van der Waals surface area (Å²) in [4.78, 5) is 10.7. The first-order valence-electron chi connectivity index (χ1n) is 4.79. The Morgan fingerprint density at radius 3 is 2.71 bits per heavy atom. The molecule has 0 aliphatic rings. The van der Waals surface area contributed by atoms with Crippen molar-refractivity contribution in [3.63, 3.8) is 0 Å². The predicted molar refractivity (Wildman–Crippen MR) is 56.7 cm³/mol. The van der Waals surface area contributed by atoms with Gasteiger partial charge in [-0.1, -0.05) is 12.1 Å². The van der Waals surface area contributed by atoms with Crippen LogP contribution in [0.5, 0.6) is 5.75 Å². The van der Waals surface area contributed by atoms with Gasteiger partial charge < -0.3 is 4.74 Å². The fourth-order valence-electron chi connectivity index (χ4n) is 1.17. The van der Waals surface area contributed by atoms with E-state index in [1.54, 1.807) is 6.92 Å². The molecule has 0 saturated heterocycles. The molecule has 0 spiro atoms. The SMILES string of the molecule is CC(=O)CCOc1cc(C)ccc1C. The molecule has 0 radical (unpaired) electrons. The molecule has 0 atom stereocenters. The molecule has 14 heavy (non-hydrogen) atoms. The third kappa shape index (κ3) is 3.21. The predicted octanol–water partition coefficient (Wildman–Crippen LogP) is 2.66. The molecule has 0 N–H and O–H groups in total. The van der Waals surface area contributed by atoms with Gasteiger partial charge in [-0.05, 0) is 38.0 Å². The number of carbonyl (C=O) groups is 1. The van der Waals surface area contributed by atoms with Crippen LogP contribution >= 0.6 is 0 Å². The number of Topliss-reactive ketones (excluding diaryl/α,β-unsaturated/α-hetero) is 1. The quantitative estimate of drug-likeness (QED) is 0.733. The highest BCUT2D eigenvalue weighted by atomic mass is 16.5. The lowest BCUT2D eigenvalue weighted by atomic mass is 10.1. The van der Waals surface area contributed by atoms with E-state index < -0.39 is 0 Å². The van der Waals surface area contributed by atoms with Gasteiger partial charge in [-0.25, -0.2) is 0 Å². The van der Waals surface area contributed by atoms with Crippen LogP contribution in [0.1, 0.15) is 24.5 Å². The number of ketones is 1. The van der Waals surface area contributed by atoms with Gasteiger partial charge in [0.05, 0.1) is 6.61 Å². The Balaban J connectivity index is 2.57. The second-order valence-corrected chi connectivity index (χ2v) is 3.57. The maximum Gasteiger partial charge on any atom is 0.133 e. The lowest BCUT2D eigenvalue weighted by molar-refractivity contribution is -0.117. The van der Waals surface area contributed by atoms with Gasteiger partial charge in [0.25, 0.3) is 0 Å². The minimum atomic E-state index is 0.162. The van der Waals surface area contributed by atoms with Crippen LogP contribution in [-0.4, -0.2) is 12.4 Å². The summed E-state index contributed by atoms with van der Waals surface area (Å²) in [5, 5.41) is 0. The third-order valence-electron chi connectivity index (χ3n) is 2.06. The van der Waals surface area contributed by atoms with Crippen molar-refractivity contribution >= 4 is 5.78 Å². The van der Waals surface area contributed by atoms with Crippen molar-refractivity contribution in [2.45, 2.75) is 27.2 Å². The minimum absolute atomic E-state index is 0.162. The molecule has 0 aliphatic heterocycles. The molecule has 2 heteroatoms. The zero-order valence-electron chi connectivity index (χ0n) is 8.96. The van der Waals surface area contributed by atoms with E-state index in [0.717, 1.165) is 11.3 Å². The Labute approximate surface area is 84.9 Å². The maximum atomic E-state index is 10.7. The molecule has 0 aliphatic carbocycles. The molecule has 1 rings (SSSR count). The minimum Gasteiger partial charge on any atom is -0.493 e. The van der Waals surface area contributed by atoms with E-state index in [4.69, 9.17) is 4.74 Å². The van der Waals surface area contributed by atoms with Crippen LogP contribution in [0.25, 0.3) is 0 Å². The summed E-state index contributed by atoms with van der Waals surface area (Å²) in [6.07, 6.45) is 0.480. The zero-order chi connectivity index (χ0) is 10.6. The first-order chi connectivity index (χ1) is 6.59. The Morgan fingerprint density at radius 2 is 2.07 bits per heavy atom. The average molecular weight is 192 g/mol. The van der Waals surface area contributed by atoms with Crippen molar-refractivity contribution in [2.75, 3.05) is 6.61 Å². The largest absolute Gasteiger partial charge is 0.493 e. The van der Waals surface area contributed by atoms with Gasteiger partial charge >= 0.3 is 0 Å². The Kier molecular flexibility index (Phi) is 3.69. The summed E-state index contributed by atoms with van der Waals surface area (Å²) in [6.45, 7) is 6.08.